The van der Waals surface area contributed by atoms with E-state index in [9.17, 15) is 9.59 Å². The number of allylic oxidation sites excluding steroid dienone is 14. The summed E-state index contributed by atoms with van der Waals surface area (Å²) in [6.07, 6.45) is 68.8. The Labute approximate surface area is 384 Å². The maximum Gasteiger partial charge on any atom is 0.306 e. The van der Waals surface area contributed by atoms with Crippen LogP contribution in [0, 0.1) is 0 Å². The first-order valence-corrected chi connectivity index (χ1v) is 26.1. The molecule has 0 amide bonds. The highest BCUT2D eigenvalue weighted by Crippen LogP contribution is 2.14. The molecule has 0 saturated heterocycles. The van der Waals surface area contributed by atoms with Crippen LogP contribution in [0.1, 0.15) is 239 Å². The van der Waals surface area contributed by atoms with E-state index in [1.807, 2.05) is 0 Å². The van der Waals surface area contributed by atoms with Crippen molar-refractivity contribution in [3.63, 3.8) is 0 Å². The summed E-state index contributed by atoms with van der Waals surface area (Å²) >= 11 is 0. The fourth-order valence-corrected chi connectivity index (χ4v) is 7.10. The van der Waals surface area contributed by atoms with Crippen molar-refractivity contribution in [1.29, 1.82) is 0 Å². The number of hydrogen-bond acceptors (Lipinski definition) is 5. The zero-order valence-corrected chi connectivity index (χ0v) is 40.9. The topological polar surface area (TPSA) is 61.8 Å². The monoisotopic (exact) mass is 863 g/mol. The van der Waals surface area contributed by atoms with Crippen molar-refractivity contribution in [2.24, 2.45) is 0 Å². The number of esters is 2. The van der Waals surface area contributed by atoms with Crippen molar-refractivity contribution >= 4 is 11.9 Å². The zero-order chi connectivity index (χ0) is 44.9. The minimum Gasteiger partial charge on any atom is -0.462 e. The lowest BCUT2D eigenvalue weighted by Gasteiger charge is -2.18. The molecule has 0 aliphatic carbocycles. The van der Waals surface area contributed by atoms with Crippen LogP contribution in [0.4, 0.5) is 0 Å². The van der Waals surface area contributed by atoms with E-state index in [0.29, 0.717) is 19.4 Å². The summed E-state index contributed by atoms with van der Waals surface area (Å²) in [7, 11) is 0. The average molecular weight is 863 g/mol. The van der Waals surface area contributed by atoms with E-state index in [2.05, 4.69) is 106 Å². The Bertz CT molecular complexity index is 1160. The first kappa shape index (κ1) is 59.1. The lowest BCUT2D eigenvalue weighted by atomic mass is 10.1. The van der Waals surface area contributed by atoms with Crippen LogP contribution in [0.3, 0.4) is 0 Å². The molecule has 356 valence electrons. The van der Waals surface area contributed by atoms with E-state index >= 15 is 0 Å². The quantitative estimate of drug-likeness (QED) is 0.0346. The standard InChI is InChI=1S/C57H98O5/c1-4-7-10-13-16-19-22-24-26-27-28-29-30-32-34-37-40-43-46-49-52-60-53-55(62-57(59)51-48-45-42-39-35-21-18-15-12-9-6-3)54-61-56(58)50-47-44-41-38-36-33-31-25-23-20-17-14-11-8-5-2/h7-8,10-11,16-17,19-20,24-26,28-29,31,55H,4-6,9,12-15,18,21-23,27,30,32-54H2,1-3H3/b10-7-,11-8-,19-16-,20-17-,26-24-,29-28-,31-25-. The van der Waals surface area contributed by atoms with Gasteiger partial charge in [-0.15, -0.1) is 0 Å². The lowest BCUT2D eigenvalue weighted by Crippen LogP contribution is -2.30. The van der Waals surface area contributed by atoms with Crippen molar-refractivity contribution < 1.29 is 23.8 Å². The molecule has 0 radical (unpaired) electrons. The smallest absolute Gasteiger partial charge is 0.306 e. The molecule has 0 N–H and O–H groups in total. The van der Waals surface area contributed by atoms with Crippen LogP contribution in [0.5, 0.6) is 0 Å². The summed E-state index contributed by atoms with van der Waals surface area (Å²) in [4.78, 5) is 25.4. The molecule has 1 unspecified atom stereocenters. The van der Waals surface area contributed by atoms with Gasteiger partial charge in [0.25, 0.3) is 0 Å². The third-order valence-electron chi connectivity index (χ3n) is 10.9. The van der Waals surface area contributed by atoms with Crippen LogP contribution in [0.15, 0.2) is 85.1 Å². The van der Waals surface area contributed by atoms with Gasteiger partial charge < -0.3 is 14.2 Å². The van der Waals surface area contributed by atoms with E-state index in [4.69, 9.17) is 14.2 Å². The van der Waals surface area contributed by atoms with Crippen LogP contribution < -0.4 is 0 Å². The molecule has 0 bridgehead atoms. The molecule has 0 aliphatic heterocycles. The number of carbonyl (C=O) groups is 2. The summed E-state index contributed by atoms with van der Waals surface area (Å²) in [6, 6.07) is 0. The summed E-state index contributed by atoms with van der Waals surface area (Å²) < 4.78 is 17.4. The second-order valence-electron chi connectivity index (χ2n) is 17.0. The molecule has 62 heavy (non-hydrogen) atoms. The molecule has 0 aromatic rings. The van der Waals surface area contributed by atoms with Crippen LogP contribution in [-0.4, -0.2) is 37.9 Å². The SMILES string of the molecule is CC/C=C\C/C=C\C/C=C\C/C=C\CCCCCCCCCOCC(COC(=O)CCCCCCC/C=C\C/C=C\C/C=C\CC)OC(=O)CCCCCCCCCCCCC. The van der Waals surface area contributed by atoms with Crippen molar-refractivity contribution in [2.45, 2.75) is 245 Å². The van der Waals surface area contributed by atoms with Gasteiger partial charge in [0.05, 0.1) is 6.61 Å². The Hall–Kier alpha value is -2.92. The predicted molar refractivity (Wildman–Crippen MR) is 270 cm³/mol. The van der Waals surface area contributed by atoms with Gasteiger partial charge in [0.15, 0.2) is 6.10 Å². The molecule has 5 nitrogen and oxygen atoms in total. The molecule has 0 aromatic carbocycles. The fraction of sp³-hybridized carbons (Fsp3) is 0.719. The first-order chi connectivity index (χ1) is 30.6. The van der Waals surface area contributed by atoms with Crippen molar-refractivity contribution in [2.75, 3.05) is 19.8 Å². The zero-order valence-electron chi connectivity index (χ0n) is 40.9. The predicted octanol–water partition coefficient (Wildman–Crippen LogP) is 17.7. The molecule has 1 atom stereocenters. The molecule has 0 fully saturated rings. The molecule has 0 heterocycles. The molecular weight excluding hydrogens is 765 g/mol. The minimum atomic E-state index is -0.550. The second kappa shape index (κ2) is 52.4. The maximum absolute atomic E-state index is 12.8. The lowest BCUT2D eigenvalue weighted by molar-refractivity contribution is -0.163. The van der Waals surface area contributed by atoms with Gasteiger partial charge in [0.1, 0.15) is 6.61 Å². The molecule has 0 saturated carbocycles. The Morgan fingerprint density at radius 1 is 0.371 bits per heavy atom. The van der Waals surface area contributed by atoms with E-state index in [0.717, 1.165) is 96.3 Å². The number of hydrogen-bond donors (Lipinski definition) is 0. The Balaban J connectivity index is 4.27. The van der Waals surface area contributed by atoms with Crippen LogP contribution in [-0.2, 0) is 23.8 Å². The second-order valence-corrected chi connectivity index (χ2v) is 17.0. The molecule has 5 heteroatoms. The summed E-state index contributed by atoms with van der Waals surface area (Å²) in [5.41, 5.74) is 0. The summed E-state index contributed by atoms with van der Waals surface area (Å²) in [5, 5.41) is 0. The Morgan fingerprint density at radius 3 is 1.16 bits per heavy atom. The van der Waals surface area contributed by atoms with E-state index in [-0.39, 0.29) is 25.2 Å². The number of ether oxygens (including phenoxy) is 3. The highest BCUT2D eigenvalue weighted by atomic mass is 16.6. The third kappa shape index (κ3) is 49.7. The Morgan fingerprint density at radius 2 is 0.726 bits per heavy atom. The van der Waals surface area contributed by atoms with E-state index in [1.54, 1.807) is 0 Å². The normalized spacial score (nSPS) is 12.9. The average Bonchev–Trinajstić information content (AvgIpc) is 3.27. The molecule has 0 spiro atoms. The molecule has 0 aromatic heterocycles. The highest BCUT2D eigenvalue weighted by molar-refractivity contribution is 5.70. The van der Waals surface area contributed by atoms with Gasteiger partial charge in [-0.25, -0.2) is 0 Å². The van der Waals surface area contributed by atoms with E-state index in [1.165, 1.54) is 109 Å². The van der Waals surface area contributed by atoms with Crippen molar-refractivity contribution in [3.05, 3.63) is 85.1 Å². The van der Waals surface area contributed by atoms with Gasteiger partial charge in [0.2, 0.25) is 0 Å². The molecule has 0 rings (SSSR count). The molecular formula is C57H98O5. The van der Waals surface area contributed by atoms with Gasteiger partial charge in [-0.05, 0) is 89.9 Å². The Kier molecular flexibility index (Phi) is 50.0. The molecule has 0 aliphatic rings. The fourth-order valence-electron chi connectivity index (χ4n) is 7.10. The van der Waals surface area contributed by atoms with Gasteiger partial charge in [-0.2, -0.15) is 0 Å². The minimum absolute atomic E-state index is 0.0701. The van der Waals surface area contributed by atoms with Crippen LogP contribution >= 0.6 is 0 Å². The first-order valence-electron chi connectivity index (χ1n) is 26.1. The van der Waals surface area contributed by atoms with Gasteiger partial charge in [0, 0.05) is 19.4 Å². The van der Waals surface area contributed by atoms with Gasteiger partial charge in [-0.1, -0.05) is 221 Å². The van der Waals surface area contributed by atoms with E-state index < -0.39 is 6.10 Å². The summed E-state index contributed by atoms with van der Waals surface area (Å²) in [5.74, 6) is -0.422. The summed E-state index contributed by atoms with van der Waals surface area (Å²) in [6.45, 7) is 7.57. The van der Waals surface area contributed by atoms with Crippen molar-refractivity contribution in [1.82, 2.24) is 0 Å². The van der Waals surface area contributed by atoms with Crippen molar-refractivity contribution in [3.8, 4) is 0 Å². The van der Waals surface area contributed by atoms with Crippen LogP contribution in [0.25, 0.3) is 0 Å². The van der Waals surface area contributed by atoms with Gasteiger partial charge in [-0.3, -0.25) is 9.59 Å². The largest absolute Gasteiger partial charge is 0.462 e. The third-order valence-corrected chi connectivity index (χ3v) is 10.9. The number of rotatable bonds is 47. The highest BCUT2D eigenvalue weighted by Gasteiger charge is 2.17. The number of unbranched alkanes of at least 4 members (excludes halogenated alkanes) is 22. The van der Waals surface area contributed by atoms with Gasteiger partial charge >= 0.3 is 11.9 Å². The van der Waals surface area contributed by atoms with Crippen LogP contribution in [0.2, 0.25) is 0 Å². The number of carbonyl (C=O) groups excluding carboxylic acids is 2. The maximum atomic E-state index is 12.8.